The van der Waals surface area contributed by atoms with Gasteiger partial charge in [-0.3, -0.25) is 4.57 Å². The molecule has 0 aromatic heterocycles. The van der Waals surface area contributed by atoms with Gasteiger partial charge in [-0.15, -0.1) is 0 Å². The Hall–Kier alpha value is 0.0200. The highest BCUT2D eigenvalue weighted by Crippen LogP contribution is 2.67. The van der Waals surface area contributed by atoms with E-state index in [-0.39, 0.29) is 0 Å². The van der Waals surface area contributed by atoms with E-state index in [0.717, 1.165) is 0 Å². The molecule has 0 bridgehead atoms. The maximum Gasteiger partial charge on any atom is 0.386 e. The Morgan fingerprint density at radius 2 is 1.91 bits per heavy atom. The van der Waals surface area contributed by atoms with Gasteiger partial charge in [-0.05, 0) is 34.8 Å². The van der Waals surface area contributed by atoms with Crippen LogP contribution in [0, 0.1) is 0 Å². The van der Waals surface area contributed by atoms with Crippen LogP contribution in [-0.2, 0) is 4.57 Å². The first-order valence-corrected chi connectivity index (χ1v) is 6.74. The molecule has 1 aromatic rings. The van der Waals surface area contributed by atoms with E-state index in [2.05, 4.69) is 0 Å². The van der Waals surface area contributed by atoms with Crippen molar-refractivity contribution in [1.82, 2.24) is 0 Å². The summed E-state index contributed by atoms with van der Waals surface area (Å²) in [4.78, 5) is 0.577. The molecule has 0 heterocycles. The second kappa shape index (κ2) is 3.61. The Morgan fingerprint density at radius 3 is 2.36 bits per heavy atom. The van der Waals surface area contributed by atoms with E-state index in [1.807, 2.05) is 0 Å². The molecule has 0 aliphatic rings. The molecule has 0 saturated heterocycles. The van der Waals surface area contributed by atoms with Gasteiger partial charge in [-0.25, -0.2) is 0 Å². The molecule has 60 valence electrons. The normalized spacial score (nSPS) is 15.8. The average Bonchev–Trinajstić information content (AvgIpc) is 1.85. The zero-order valence-corrected chi connectivity index (χ0v) is 7.87. The fraction of sp³-hybridized carbons (Fsp3) is 0. The van der Waals surface area contributed by atoms with E-state index in [1.165, 1.54) is 0 Å². The highest BCUT2D eigenvalue weighted by molar-refractivity contribution is 8.63. The summed E-state index contributed by atoms with van der Waals surface area (Å²) in [7, 11) is 0. The Morgan fingerprint density at radius 1 is 1.36 bits per heavy atom. The maximum absolute atomic E-state index is 12.4. The minimum absolute atomic E-state index is 0.555. The molecule has 0 spiro atoms. The van der Waals surface area contributed by atoms with E-state index >= 15 is 0 Å². The maximum atomic E-state index is 12.4. The number of hydrogen-bond donors (Lipinski definition) is 0. The van der Waals surface area contributed by atoms with Gasteiger partial charge in [0.1, 0.15) is 0 Å². The minimum Gasteiger partial charge on any atom is -0.257 e. The van der Waals surface area contributed by atoms with Crippen LogP contribution in [-0.4, -0.2) is 0 Å². The van der Waals surface area contributed by atoms with Gasteiger partial charge in [0.05, 0.1) is 0 Å². The number of rotatable bonds is 2. The lowest BCUT2D eigenvalue weighted by molar-refractivity contribution is 0.567. The molecule has 0 aliphatic carbocycles. The fourth-order valence-electron chi connectivity index (χ4n) is 0.604. The van der Waals surface area contributed by atoms with Crippen LogP contribution in [0.2, 0.25) is 0 Å². The molecule has 0 amide bonds. The lowest BCUT2D eigenvalue weighted by Crippen LogP contribution is -1.63. The Labute approximate surface area is 73.0 Å². The third-order valence-corrected chi connectivity index (χ3v) is 3.54. The summed E-state index contributed by atoms with van der Waals surface area (Å²) >= 11 is 5.47. The molecule has 5 heteroatoms. The highest BCUT2D eigenvalue weighted by atomic mass is 35.7. The topological polar surface area (TPSA) is 17.1 Å². The van der Waals surface area contributed by atoms with Crippen LogP contribution in [0.1, 0.15) is 0 Å². The van der Waals surface area contributed by atoms with Crippen LogP contribution in [0.25, 0.3) is 0 Å². The van der Waals surface area contributed by atoms with Crippen molar-refractivity contribution in [2.45, 2.75) is 4.90 Å². The van der Waals surface area contributed by atoms with Gasteiger partial charge in [-0.2, -0.15) is 4.20 Å². The van der Waals surface area contributed by atoms with Crippen LogP contribution in [0.3, 0.4) is 0 Å². The predicted octanol–water partition coefficient (Wildman–Crippen LogP) is 4.10. The summed E-state index contributed by atoms with van der Waals surface area (Å²) in [6.45, 7) is 0. The Bertz CT molecular complexity index is 273. The molecule has 1 rings (SSSR count). The smallest absolute Gasteiger partial charge is 0.257 e. The van der Waals surface area contributed by atoms with Gasteiger partial charge in [0.15, 0.2) is 0 Å². The van der Waals surface area contributed by atoms with Gasteiger partial charge in [-0.1, -0.05) is 18.2 Å². The van der Waals surface area contributed by atoms with Gasteiger partial charge in [0, 0.05) is 4.90 Å². The molecule has 1 nitrogen and oxygen atoms in total. The van der Waals surface area contributed by atoms with Crippen LogP contribution in [0.4, 0.5) is 4.20 Å². The van der Waals surface area contributed by atoms with Gasteiger partial charge >= 0.3 is 6.01 Å². The largest absolute Gasteiger partial charge is 0.386 e. The zero-order valence-electron chi connectivity index (χ0n) is 5.41. The number of hydrogen-bond acceptors (Lipinski definition) is 2. The van der Waals surface area contributed by atoms with Crippen LogP contribution < -0.4 is 0 Å². The third kappa shape index (κ3) is 3.80. The summed E-state index contributed by atoms with van der Waals surface area (Å²) in [6.07, 6.45) is 0. The second-order valence-corrected chi connectivity index (χ2v) is 7.16. The number of benzene rings is 1. The highest BCUT2D eigenvalue weighted by Gasteiger charge is 2.17. The molecule has 0 saturated carbocycles. The van der Waals surface area contributed by atoms with Crippen molar-refractivity contribution in [3.8, 4) is 0 Å². The molecule has 11 heavy (non-hydrogen) atoms. The fourth-order valence-corrected chi connectivity index (χ4v) is 2.95. The molecule has 0 aliphatic heterocycles. The molecule has 1 atom stereocenters. The first kappa shape index (κ1) is 9.11. The van der Waals surface area contributed by atoms with Gasteiger partial charge in [0.25, 0.3) is 0 Å². The van der Waals surface area contributed by atoms with E-state index < -0.39 is 6.01 Å². The van der Waals surface area contributed by atoms with Crippen molar-refractivity contribution in [2.24, 2.45) is 0 Å². The van der Waals surface area contributed by atoms with Crippen LogP contribution in [0.5, 0.6) is 0 Å². The standard InChI is InChI=1S/C6H5ClFOPS/c7-10(8,9)11-6-4-2-1-3-5-6/h1-5H. The van der Waals surface area contributed by atoms with Crippen molar-refractivity contribution in [3.05, 3.63) is 30.3 Å². The van der Waals surface area contributed by atoms with Crippen LogP contribution >= 0.6 is 28.6 Å². The molecule has 0 N–H and O–H groups in total. The van der Waals surface area contributed by atoms with Crippen molar-refractivity contribution in [3.63, 3.8) is 0 Å². The molecular formula is C6H5ClFOPS. The molecule has 0 fully saturated rings. The third-order valence-electron chi connectivity index (χ3n) is 0.955. The van der Waals surface area contributed by atoms with E-state index in [4.69, 9.17) is 11.2 Å². The summed E-state index contributed by atoms with van der Waals surface area (Å²) in [5, 5.41) is 0. The SMILES string of the molecule is O=P(F)(Cl)Sc1ccccc1. The molecular weight excluding hydrogens is 206 g/mol. The predicted molar refractivity (Wildman–Crippen MR) is 46.9 cm³/mol. The minimum atomic E-state index is -4.00. The first-order chi connectivity index (χ1) is 5.08. The van der Waals surface area contributed by atoms with E-state index in [0.29, 0.717) is 16.3 Å². The van der Waals surface area contributed by atoms with Crippen LogP contribution in [0.15, 0.2) is 35.2 Å². The lowest BCUT2D eigenvalue weighted by Gasteiger charge is -1.97. The first-order valence-electron chi connectivity index (χ1n) is 2.82. The number of halogens is 2. The van der Waals surface area contributed by atoms with E-state index in [9.17, 15) is 8.76 Å². The zero-order chi connectivity index (χ0) is 8.32. The summed E-state index contributed by atoms with van der Waals surface area (Å²) in [5.74, 6) is 0. The summed E-state index contributed by atoms with van der Waals surface area (Å²) in [6, 6.07) is 4.56. The Balaban J connectivity index is 2.74. The summed E-state index contributed by atoms with van der Waals surface area (Å²) < 4.78 is 22.8. The van der Waals surface area contributed by atoms with Crippen molar-refractivity contribution >= 4 is 28.6 Å². The molecule has 1 unspecified atom stereocenters. The van der Waals surface area contributed by atoms with Gasteiger partial charge in [0.2, 0.25) is 0 Å². The van der Waals surface area contributed by atoms with Crippen molar-refractivity contribution < 1.29 is 8.76 Å². The Kier molecular flexibility index (Phi) is 2.99. The summed E-state index contributed by atoms with van der Waals surface area (Å²) in [5.41, 5.74) is 0. The van der Waals surface area contributed by atoms with Crippen molar-refractivity contribution in [1.29, 1.82) is 0 Å². The quantitative estimate of drug-likeness (QED) is 0.684. The lowest BCUT2D eigenvalue weighted by atomic mass is 10.4. The monoisotopic (exact) mass is 210 g/mol. The molecule has 1 aromatic carbocycles. The van der Waals surface area contributed by atoms with Gasteiger partial charge < -0.3 is 0 Å². The van der Waals surface area contributed by atoms with E-state index in [1.54, 1.807) is 30.3 Å². The average molecular weight is 211 g/mol. The van der Waals surface area contributed by atoms with Crippen molar-refractivity contribution in [2.75, 3.05) is 0 Å². The molecule has 0 radical (unpaired) electrons. The second-order valence-electron chi connectivity index (χ2n) is 1.82.